The standard InChI is InChI=1S/C15H19NO3/c1-11(12-7-3-2-4-8-12)14(17)16-10-6-5-9-13(16)15(18)19/h2-4,7-8,11,13H,5-6,9-10H2,1H3,(H,18,19)/t11?,13-/m1/s1. The first kappa shape index (κ1) is 13.6. The van der Waals surface area contributed by atoms with Crippen LogP contribution in [-0.2, 0) is 9.59 Å². The van der Waals surface area contributed by atoms with E-state index in [-0.39, 0.29) is 11.8 Å². The molecule has 0 radical (unpaired) electrons. The van der Waals surface area contributed by atoms with Gasteiger partial charge in [-0.3, -0.25) is 4.79 Å². The number of nitrogens with zero attached hydrogens (tertiary/aromatic N) is 1. The molecule has 1 amide bonds. The maximum Gasteiger partial charge on any atom is 0.326 e. The van der Waals surface area contributed by atoms with Gasteiger partial charge in [0.2, 0.25) is 5.91 Å². The van der Waals surface area contributed by atoms with Gasteiger partial charge in [0.25, 0.3) is 0 Å². The highest BCUT2D eigenvalue weighted by molar-refractivity contribution is 5.88. The Bertz CT molecular complexity index is 458. The van der Waals surface area contributed by atoms with Crippen molar-refractivity contribution < 1.29 is 14.7 Å². The lowest BCUT2D eigenvalue weighted by Gasteiger charge is -2.34. The third-order valence-corrected chi connectivity index (χ3v) is 3.74. The minimum absolute atomic E-state index is 0.0849. The lowest BCUT2D eigenvalue weighted by atomic mass is 9.95. The number of carboxylic acids is 1. The summed E-state index contributed by atoms with van der Waals surface area (Å²) in [5.74, 6) is -1.27. The van der Waals surface area contributed by atoms with Crippen molar-refractivity contribution in [1.29, 1.82) is 0 Å². The van der Waals surface area contributed by atoms with Crippen molar-refractivity contribution in [1.82, 2.24) is 4.90 Å². The quantitative estimate of drug-likeness (QED) is 0.908. The summed E-state index contributed by atoms with van der Waals surface area (Å²) in [5, 5.41) is 9.22. The molecule has 1 aliphatic heterocycles. The molecule has 2 rings (SSSR count). The van der Waals surface area contributed by atoms with Crippen LogP contribution in [0.15, 0.2) is 30.3 Å². The van der Waals surface area contributed by atoms with Crippen molar-refractivity contribution in [3.8, 4) is 0 Å². The Kier molecular flexibility index (Phi) is 4.20. The minimum atomic E-state index is -0.895. The molecule has 0 spiro atoms. The number of hydrogen-bond acceptors (Lipinski definition) is 2. The van der Waals surface area contributed by atoms with Crippen LogP contribution in [0.3, 0.4) is 0 Å². The summed E-state index contributed by atoms with van der Waals surface area (Å²) in [6.45, 7) is 2.39. The Labute approximate surface area is 113 Å². The van der Waals surface area contributed by atoms with Gasteiger partial charge in [0.15, 0.2) is 0 Å². The first-order valence-electron chi connectivity index (χ1n) is 6.69. The summed E-state index contributed by atoms with van der Waals surface area (Å²) in [6.07, 6.45) is 2.32. The molecule has 0 aromatic heterocycles. The molecule has 1 aromatic rings. The molecule has 2 atom stereocenters. The van der Waals surface area contributed by atoms with Gasteiger partial charge in [0.05, 0.1) is 5.92 Å². The first-order valence-corrected chi connectivity index (χ1v) is 6.69. The average molecular weight is 261 g/mol. The fraction of sp³-hybridized carbons (Fsp3) is 0.467. The van der Waals surface area contributed by atoms with Gasteiger partial charge in [-0.15, -0.1) is 0 Å². The van der Waals surface area contributed by atoms with E-state index in [4.69, 9.17) is 0 Å². The van der Waals surface area contributed by atoms with Crippen molar-refractivity contribution in [3.05, 3.63) is 35.9 Å². The monoisotopic (exact) mass is 261 g/mol. The second-order valence-corrected chi connectivity index (χ2v) is 5.01. The molecule has 1 N–H and O–H groups in total. The largest absolute Gasteiger partial charge is 0.480 e. The molecule has 19 heavy (non-hydrogen) atoms. The molecule has 1 saturated heterocycles. The highest BCUT2D eigenvalue weighted by Gasteiger charge is 2.34. The zero-order valence-electron chi connectivity index (χ0n) is 11.1. The molecule has 1 unspecified atom stereocenters. The predicted octanol–water partition coefficient (Wildman–Crippen LogP) is 2.26. The first-order chi connectivity index (χ1) is 9.11. The molecule has 4 nitrogen and oxygen atoms in total. The van der Waals surface area contributed by atoms with Gasteiger partial charge in [-0.2, -0.15) is 0 Å². The van der Waals surface area contributed by atoms with Crippen LogP contribution in [0.1, 0.15) is 37.7 Å². The number of carboxylic acid groups (broad SMARTS) is 1. The molecular formula is C15H19NO3. The minimum Gasteiger partial charge on any atom is -0.480 e. The van der Waals surface area contributed by atoms with Crippen LogP contribution >= 0.6 is 0 Å². The number of rotatable bonds is 3. The predicted molar refractivity (Wildman–Crippen MR) is 71.8 cm³/mol. The average Bonchev–Trinajstić information content (AvgIpc) is 2.46. The van der Waals surface area contributed by atoms with E-state index in [0.717, 1.165) is 18.4 Å². The smallest absolute Gasteiger partial charge is 0.326 e. The maximum absolute atomic E-state index is 12.5. The van der Waals surface area contributed by atoms with Crippen LogP contribution in [0.25, 0.3) is 0 Å². The maximum atomic E-state index is 12.5. The third kappa shape index (κ3) is 2.95. The van der Waals surface area contributed by atoms with E-state index in [2.05, 4.69) is 0 Å². The summed E-state index contributed by atoms with van der Waals surface area (Å²) in [4.78, 5) is 25.2. The number of amides is 1. The second-order valence-electron chi connectivity index (χ2n) is 5.01. The fourth-order valence-corrected chi connectivity index (χ4v) is 2.59. The van der Waals surface area contributed by atoms with Crippen molar-refractivity contribution >= 4 is 11.9 Å². The Balaban J connectivity index is 2.15. The van der Waals surface area contributed by atoms with Gasteiger partial charge in [-0.25, -0.2) is 4.79 Å². The Morgan fingerprint density at radius 2 is 1.95 bits per heavy atom. The molecule has 4 heteroatoms. The van der Waals surface area contributed by atoms with Crippen molar-refractivity contribution in [2.75, 3.05) is 6.54 Å². The third-order valence-electron chi connectivity index (χ3n) is 3.74. The molecule has 0 aliphatic carbocycles. The molecule has 1 fully saturated rings. The van der Waals surface area contributed by atoms with E-state index in [9.17, 15) is 14.7 Å². The topological polar surface area (TPSA) is 57.6 Å². The molecule has 1 aliphatic rings. The van der Waals surface area contributed by atoms with Crippen molar-refractivity contribution in [2.45, 2.75) is 38.1 Å². The summed E-state index contributed by atoms with van der Waals surface area (Å²) < 4.78 is 0. The highest BCUT2D eigenvalue weighted by atomic mass is 16.4. The number of piperidine rings is 1. The summed E-state index contributed by atoms with van der Waals surface area (Å²) >= 11 is 0. The number of hydrogen-bond donors (Lipinski definition) is 1. The van der Waals surface area contributed by atoms with E-state index >= 15 is 0 Å². The molecule has 0 saturated carbocycles. The fourth-order valence-electron chi connectivity index (χ4n) is 2.59. The molecule has 1 heterocycles. The second kappa shape index (κ2) is 5.87. The number of likely N-dealkylation sites (tertiary alicyclic amines) is 1. The van der Waals surface area contributed by atoms with E-state index in [1.807, 2.05) is 37.3 Å². The van der Waals surface area contributed by atoms with Crippen molar-refractivity contribution in [2.24, 2.45) is 0 Å². The van der Waals surface area contributed by atoms with Crippen LogP contribution < -0.4 is 0 Å². The number of carbonyl (C=O) groups excluding carboxylic acids is 1. The SMILES string of the molecule is CC(C(=O)N1CCCC[C@@H]1C(=O)O)c1ccccc1. The van der Waals surface area contributed by atoms with Gasteiger partial charge in [0, 0.05) is 6.54 Å². The van der Waals surface area contributed by atoms with Crippen LogP contribution in [0.2, 0.25) is 0 Å². The highest BCUT2D eigenvalue weighted by Crippen LogP contribution is 2.24. The van der Waals surface area contributed by atoms with E-state index in [0.29, 0.717) is 13.0 Å². The Hall–Kier alpha value is -1.84. The van der Waals surface area contributed by atoms with Gasteiger partial charge in [0.1, 0.15) is 6.04 Å². The Morgan fingerprint density at radius 3 is 2.58 bits per heavy atom. The summed E-state index contributed by atoms with van der Waals surface area (Å²) in [5.41, 5.74) is 0.933. The lowest BCUT2D eigenvalue weighted by Crippen LogP contribution is -2.49. The molecule has 1 aromatic carbocycles. The number of aliphatic carboxylic acids is 1. The van der Waals surface area contributed by atoms with Gasteiger partial charge >= 0.3 is 5.97 Å². The summed E-state index contributed by atoms with van der Waals surface area (Å²) in [7, 11) is 0. The van der Waals surface area contributed by atoms with Crippen LogP contribution in [-0.4, -0.2) is 34.5 Å². The van der Waals surface area contributed by atoms with E-state index in [1.54, 1.807) is 0 Å². The van der Waals surface area contributed by atoms with Gasteiger partial charge in [-0.1, -0.05) is 30.3 Å². The molecule has 102 valence electrons. The van der Waals surface area contributed by atoms with E-state index in [1.165, 1.54) is 4.90 Å². The van der Waals surface area contributed by atoms with E-state index < -0.39 is 12.0 Å². The number of benzene rings is 1. The Morgan fingerprint density at radius 1 is 1.26 bits per heavy atom. The van der Waals surface area contributed by atoms with Crippen LogP contribution in [0.5, 0.6) is 0 Å². The van der Waals surface area contributed by atoms with Gasteiger partial charge in [-0.05, 0) is 31.7 Å². The normalized spacial score (nSPS) is 20.9. The van der Waals surface area contributed by atoms with Gasteiger partial charge < -0.3 is 10.0 Å². The number of carbonyl (C=O) groups is 2. The van der Waals surface area contributed by atoms with Crippen LogP contribution in [0.4, 0.5) is 0 Å². The summed E-state index contributed by atoms with van der Waals surface area (Å²) in [6, 6.07) is 8.84. The molecule has 0 bridgehead atoms. The zero-order valence-corrected chi connectivity index (χ0v) is 11.1. The van der Waals surface area contributed by atoms with Crippen molar-refractivity contribution in [3.63, 3.8) is 0 Å². The van der Waals surface area contributed by atoms with Crippen LogP contribution in [0, 0.1) is 0 Å². The molecular weight excluding hydrogens is 242 g/mol. The zero-order chi connectivity index (χ0) is 13.8. The lowest BCUT2D eigenvalue weighted by molar-refractivity contribution is -0.152.